The molecule has 4 rings (SSSR count). The van der Waals surface area contributed by atoms with Gasteiger partial charge in [0.05, 0.1) is 10.6 Å². The summed E-state index contributed by atoms with van der Waals surface area (Å²) in [5.74, 6) is 0.164. The van der Waals surface area contributed by atoms with Gasteiger partial charge in [0.2, 0.25) is 0 Å². The predicted octanol–water partition coefficient (Wildman–Crippen LogP) is 7.91. The summed E-state index contributed by atoms with van der Waals surface area (Å²) in [4.78, 5) is 0. The molecule has 0 N–H and O–H groups in total. The van der Waals surface area contributed by atoms with E-state index in [9.17, 15) is 13.2 Å². The molecule has 2 aliphatic rings. The standard InChI is InChI=1S/C24H24ClF3/c1-2-14-3-4-16-10-17(6-5-15(16)9-14)19-12-22(27)24(23(28)13-19)18-7-8-20(25)21(26)11-18/h2,7-8,11-17H,1,3-6,9-10H2. The molecule has 2 fully saturated rings. The molecule has 0 amide bonds. The Bertz CT molecular complexity index is 868. The lowest BCUT2D eigenvalue weighted by atomic mass is 9.64. The molecule has 2 saturated carbocycles. The summed E-state index contributed by atoms with van der Waals surface area (Å²) in [7, 11) is 0. The summed E-state index contributed by atoms with van der Waals surface area (Å²) in [6, 6.07) is 6.71. The van der Waals surface area contributed by atoms with Crippen molar-refractivity contribution in [1.82, 2.24) is 0 Å². The van der Waals surface area contributed by atoms with E-state index in [1.165, 1.54) is 43.5 Å². The molecule has 0 saturated heterocycles. The fraction of sp³-hybridized carbons (Fsp3) is 0.417. The fourth-order valence-corrected chi connectivity index (χ4v) is 5.32. The normalized spacial score (nSPS) is 27.3. The first-order chi connectivity index (χ1) is 13.5. The van der Waals surface area contributed by atoms with Crippen LogP contribution in [0.1, 0.15) is 50.0 Å². The van der Waals surface area contributed by atoms with E-state index >= 15 is 0 Å². The molecule has 0 spiro atoms. The molecule has 0 nitrogen and oxygen atoms in total. The lowest BCUT2D eigenvalue weighted by Gasteiger charge is -2.41. The third-order valence-corrected chi connectivity index (χ3v) is 7.04. The highest BCUT2D eigenvalue weighted by Crippen LogP contribution is 2.48. The van der Waals surface area contributed by atoms with E-state index in [0.29, 0.717) is 17.8 Å². The molecular weight excluding hydrogens is 381 g/mol. The highest BCUT2D eigenvalue weighted by molar-refractivity contribution is 6.30. The van der Waals surface area contributed by atoms with Crippen molar-refractivity contribution in [2.24, 2.45) is 17.8 Å². The first kappa shape index (κ1) is 19.6. The minimum absolute atomic E-state index is 0.0656. The third-order valence-electron chi connectivity index (χ3n) is 6.73. The molecule has 0 aromatic heterocycles. The highest BCUT2D eigenvalue weighted by Gasteiger charge is 2.35. The zero-order valence-corrected chi connectivity index (χ0v) is 16.5. The monoisotopic (exact) mass is 404 g/mol. The van der Waals surface area contributed by atoms with Crippen LogP contribution in [0.4, 0.5) is 13.2 Å². The smallest absolute Gasteiger partial charge is 0.142 e. The van der Waals surface area contributed by atoms with Gasteiger partial charge in [-0.25, -0.2) is 13.2 Å². The van der Waals surface area contributed by atoms with E-state index in [2.05, 4.69) is 12.7 Å². The topological polar surface area (TPSA) is 0 Å². The molecule has 28 heavy (non-hydrogen) atoms. The Morgan fingerprint density at radius 1 is 0.857 bits per heavy atom. The quantitative estimate of drug-likeness (QED) is 0.456. The van der Waals surface area contributed by atoms with Crippen molar-refractivity contribution >= 4 is 11.6 Å². The highest BCUT2D eigenvalue weighted by atomic mass is 35.5. The van der Waals surface area contributed by atoms with Crippen LogP contribution >= 0.6 is 11.6 Å². The maximum absolute atomic E-state index is 14.8. The van der Waals surface area contributed by atoms with Crippen molar-refractivity contribution in [3.8, 4) is 11.1 Å². The van der Waals surface area contributed by atoms with Crippen LogP contribution in [0.2, 0.25) is 5.02 Å². The molecule has 0 bridgehead atoms. The van der Waals surface area contributed by atoms with Crippen LogP contribution in [0.15, 0.2) is 43.0 Å². The Morgan fingerprint density at radius 3 is 2.21 bits per heavy atom. The number of allylic oxidation sites excluding steroid dienone is 1. The van der Waals surface area contributed by atoms with Crippen molar-refractivity contribution in [1.29, 1.82) is 0 Å². The zero-order chi connectivity index (χ0) is 19.8. The Hall–Kier alpha value is -1.74. The first-order valence-electron chi connectivity index (χ1n) is 10.0. The van der Waals surface area contributed by atoms with Crippen LogP contribution in [-0.2, 0) is 0 Å². The summed E-state index contributed by atoms with van der Waals surface area (Å²) >= 11 is 5.68. The van der Waals surface area contributed by atoms with Gasteiger partial charge < -0.3 is 0 Å². The Balaban J connectivity index is 1.57. The number of rotatable bonds is 3. The van der Waals surface area contributed by atoms with E-state index in [1.54, 1.807) is 0 Å². The number of benzene rings is 2. The number of halogens is 4. The molecule has 4 unspecified atom stereocenters. The molecule has 148 valence electrons. The van der Waals surface area contributed by atoms with Gasteiger partial charge in [-0.15, -0.1) is 6.58 Å². The van der Waals surface area contributed by atoms with E-state index in [1.807, 2.05) is 0 Å². The molecule has 0 aliphatic heterocycles. The minimum atomic E-state index is -0.685. The second-order valence-corrected chi connectivity index (χ2v) is 8.73. The SMILES string of the molecule is C=CC1CCC2CC(c3cc(F)c(-c4ccc(Cl)c(F)c4)c(F)c3)CCC2C1. The number of hydrogen-bond donors (Lipinski definition) is 0. The lowest BCUT2D eigenvalue weighted by molar-refractivity contribution is 0.133. The van der Waals surface area contributed by atoms with Crippen molar-refractivity contribution in [2.45, 2.75) is 44.4 Å². The Morgan fingerprint density at radius 2 is 1.54 bits per heavy atom. The molecular formula is C24H24ClF3. The lowest BCUT2D eigenvalue weighted by Crippen LogP contribution is -2.30. The van der Waals surface area contributed by atoms with E-state index in [-0.39, 0.29) is 22.1 Å². The van der Waals surface area contributed by atoms with E-state index in [0.717, 1.165) is 30.9 Å². The van der Waals surface area contributed by atoms with Crippen LogP contribution in [0.5, 0.6) is 0 Å². The van der Waals surface area contributed by atoms with Crippen molar-refractivity contribution in [3.05, 3.63) is 71.0 Å². The second-order valence-electron chi connectivity index (χ2n) is 8.33. The van der Waals surface area contributed by atoms with Gasteiger partial charge in [-0.05, 0) is 97.6 Å². The summed E-state index contributed by atoms with van der Waals surface area (Å²) in [6.07, 6.45) is 8.66. The minimum Gasteiger partial charge on any atom is -0.206 e. The second kappa shape index (κ2) is 7.94. The number of hydrogen-bond acceptors (Lipinski definition) is 0. The summed E-state index contributed by atoms with van der Waals surface area (Å²) in [6.45, 7) is 3.93. The van der Waals surface area contributed by atoms with Gasteiger partial charge in [-0.2, -0.15) is 0 Å². The summed E-state index contributed by atoms with van der Waals surface area (Å²) in [5.41, 5.74) is 0.687. The largest absolute Gasteiger partial charge is 0.206 e. The van der Waals surface area contributed by atoms with Crippen LogP contribution in [-0.4, -0.2) is 0 Å². The van der Waals surface area contributed by atoms with E-state index in [4.69, 9.17) is 11.6 Å². The Kier molecular flexibility index (Phi) is 5.55. The van der Waals surface area contributed by atoms with Crippen LogP contribution < -0.4 is 0 Å². The third kappa shape index (κ3) is 3.74. The van der Waals surface area contributed by atoms with Crippen molar-refractivity contribution in [2.75, 3.05) is 0 Å². The Labute approximate surface area is 169 Å². The molecule has 2 aromatic carbocycles. The van der Waals surface area contributed by atoms with Crippen LogP contribution in [0.3, 0.4) is 0 Å². The first-order valence-corrected chi connectivity index (χ1v) is 10.4. The maximum Gasteiger partial charge on any atom is 0.142 e. The van der Waals surface area contributed by atoms with Gasteiger partial charge in [0, 0.05) is 0 Å². The molecule has 0 heterocycles. The van der Waals surface area contributed by atoms with Gasteiger partial charge in [0.25, 0.3) is 0 Å². The molecule has 2 aliphatic carbocycles. The number of fused-ring (bicyclic) bond motifs is 1. The van der Waals surface area contributed by atoms with Crippen molar-refractivity contribution in [3.63, 3.8) is 0 Å². The van der Waals surface area contributed by atoms with Crippen LogP contribution in [0, 0.1) is 35.2 Å². The van der Waals surface area contributed by atoms with Gasteiger partial charge in [-0.3, -0.25) is 0 Å². The van der Waals surface area contributed by atoms with Crippen molar-refractivity contribution < 1.29 is 13.2 Å². The summed E-state index contributed by atoms with van der Waals surface area (Å²) < 4.78 is 43.3. The average molecular weight is 405 g/mol. The molecule has 0 radical (unpaired) electrons. The molecule has 2 aromatic rings. The van der Waals surface area contributed by atoms with Crippen LogP contribution in [0.25, 0.3) is 11.1 Å². The maximum atomic E-state index is 14.8. The van der Waals surface area contributed by atoms with Gasteiger partial charge in [0.1, 0.15) is 17.5 Å². The fourth-order valence-electron chi connectivity index (χ4n) is 5.20. The summed E-state index contributed by atoms with van der Waals surface area (Å²) in [5, 5.41) is -0.0656. The molecule has 4 heteroatoms. The molecule has 4 atom stereocenters. The van der Waals surface area contributed by atoms with Gasteiger partial charge >= 0.3 is 0 Å². The average Bonchev–Trinajstić information content (AvgIpc) is 2.69. The van der Waals surface area contributed by atoms with Gasteiger partial charge in [0.15, 0.2) is 0 Å². The predicted molar refractivity (Wildman–Crippen MR) is 108 cm³/mol. The van der Waals surface area contributed by atoms with Gasteiger partial charge in [-0.1, -0.05) is 23.7 Å². The zero-order valence-electron chi connectivity index (χ0n) is 15.7. The van der Waals surface area contributed by atoms with E-state index < -0.39 is 17.5 Å².